The van der Waals surface area contributed by atoms with Gasteiger partial charge >= 0.3 is 5.69 Å². The highest BCUT2D eigenvalue weighted by atomic mass is 35.5. The van der Waals surface area contributed by atoms with Crippen molar-refractivity contribution in [2.24, 2.45) is 0 Å². The lowest BCUT2D eigenvalue weighted by Gasteiger charge is -2.40. The molecule has 2 aromatic carbocycles. The average molecular weight is 649 g/mol. The van der Waals surface area contributed by atoms with Gasteiger partial charge in [-0.15, -0.1) is 5.10 Å². The van der Waals surface area contributed by atoms with Gasteiger partial charge in [0.15, 0.2) is 5.65 Å². The first-order valence-corrected chi connectivity index (χ1v) is 16.9. The van der Waals surface area contributed by atoms with Crippen LogP contribution in [0.5, 0.6) is 5.75 Å². The zero-order valence-electron chi connectivity index (χ0n) is 27.5. The van der Waals surface area contributed by atoms with Crippen molar-refractivity contribution in [2.45, 2.75) is 56.6 Å². The van der Waals surface area contributed by atoms with Crippen LogP contribution in [0.3, 0.4) is 0 Å². The van der Waals surface area contributed by atoms with Crippen molar-refractivity contribution < 1.29 is 9.84 Å². The van der Waals surface area contributed by atoms with Crippen molar-refractivity contribution in [3.05, 3.63) is 94.0 Å². The van der Waals surface area contributed by atoms with Crippen LogP contribution in [0, 0.1) is 0 Å². The number of ether oxygens (including phenoxy) is 1. The third-order valence-electron chi connectivity index (χ3n) is 9.31. The lowest BCUT2D eigenvalue weighted by molar-refractivity contribution is -0.0277. The molecule has 1 aliphatic carbocycles. The van der Waals surface area contributed by atoms with Crippen LogP contribution in [-0.2, 0) is 6.54 Å². The van der Waals surface area contributed by atoms with Crippen LogP contribution in [0.15, 0.2) is 77.7 Å². The molecule has 0 radical (unpaired) electrons. The Kier molecular flexibility index (Phi) is 11.8. The molecule has 0 amide bonds. The van der Waals surface area contributed by atoms with Crippen LogP contribution in [0.25, 0.3) is 5.65 Å². The van der Waals surface area contributed by atoms with Crippen LogP contribution in [-0.4, -0.2) is 95.2 Å². The number of hydrogen-bond acceptors (Lipinski definition) is 7. The van der Waals surface area contributed by atoms with Gasteiger partial charge in [-0.1, -0.05) is 55.1 Å². The van der Waals surface area contributed by atoms with Gasteiger partial charge in [0, 0.05) is 68.6 Å². The van der Waals surface area contributed by atoms with E-state index in [2.05, 4.69) is 52.1 Å². The summed E-state index contributed by atoms with van der Waals surface area (Å²) in [5, 5.41) is 16.3. The molecular formula is C36H49ClN6O3. The number of halogens is 1. The van der Waals surface area contributed by atoms with Crippen LogP contribution < -0.4 is 15.3 Å². The molecule has 1 N–H and O–H groups in total. The van der Waals surface area contributed by atoms with E-state index < -0.39 is 5.60 Å². The Hall–Kier alpha value is -3.37. The number of nitrogens with zero attached hydrogens (tertiary/aromatic N) is 6. The topological polar surface area (TPSA) is 78.5 Å². The lowest BCUT2D eigenvalue weighted by atomic mass is 9.72. The highest BCUT2D eigenvalue weighted by Gasteiger charge is 2.38. The van der Waals surface area contributed by atoms with Gasteiger partial charge in [0.2, 0.25) is 0 Å². The Morgan fingerprint density at radius 3 is 2.35 bits per heavy atom. The fourth-order valence-corrected chi connectivity index (χ4v) is 6.94. The van der Waals surface area contributed by atoms with E-state index in [1.165, 1.54) is 17.7 Å². The SMILES string of the molecule is COc1ccc(C(CN(C)C)C2(O)CCCCC2)cc1.O=c1n(CCCN2CCN(c3cccc(Cl)c3)CC2)nc2ccccn12. The molecule has 1 saturated heterocycles. The number of hydrogen-bond donors (Lipinski definition) is 1. The number of fused-ring (bicyclic) bond motifs is 1. The quantitative estimate of drug-likeness (QED) is 0.247. The maximum atomic E-state index is 12.3. The van der Waals surface area contributed by atoms with Crippen molar-refractivity contribution in [1.82, 2.24) is 24.0 Å². The van der Waals surface area contributed by atoms with Crippen LogP contribution in [0.4, 0.5) is 5.69 Å². The number of anilines is 1. The van der Waals surface area contributed by atoms with Gasteiger partial charge in [0.1, 0.15) is 5.75 Å². The van der Waals surface area contributed by atoms with E-state index in [1.807, 2.05) is 48.5 Å². The molecule has 46 heavy (non-hydrogen) atoms. The summed E-state index contributed by atoms with van der Waals surface area (Å²) in [5.41, 5.74) is 2.48. The number of methoxy groups -OCH3 is 1. The van der Waals surface area contributed by atoms with Crippen molar-refractivity contribution in [2.75, 3.05) is 65.4 Å². The smallest absolute Gasteiger partial charge is 0.350 e. The van der Waals surface area contributed by atoms with Crippen LogP contribution in [0.1, 0.15) is 50.0 Å². The molecule has 1 aliphatic heterocycles. The normalized spacial score (nSPS) is 17.5. The molecule has 4 aromatic rings. The van der Waals surface area contributed by atoms with E-state index in [-0.39, 0.29) is 11.6 Å². The Bertz CT molecular complexity index is 1570. The van der Waals surface area contributed by atoms with E-state index in [1.54, 1.807) is 22.4 Å². The van der Waals surface area contributed by atoms with Crippen molar-refractivity contribution in [3.8, 4) is 5.75 Å². The fourth-order valence-electron chi connectivity index (χ4n) is 6.76. The van der Waals surface area contributed by atoms with Gasteiger partial charge in [0.25, 0.3) is 0 Å². The standard InChI is InChI=1S/C19H22ClN5O.C17H27NO2/c20-16-5-3-6-17(15-16)23-13-11-22(12-14-23)8-4-10-25-19(26)24-9-2-1-7-18(24)21-25;1-18(2)13-16(17(19)11-5-4-6-12-17)14-7-9-15(20-3)10-8-14/h1-3,5-7,9,15H,4,8,10-14H2;7-10,16,19H,4-6,11-13H2,1-3H3. The first-order valence-electron chi connectivity index (χ1n) is 16.5. The van der Waals surface area contributed by atoms with Crippen molar-refractivity contribution in [1.29, 1.82) is 0 Å². The summed E-state index contributed by atoms with van der Waals surface area (Å²) in [6.07, 6.45) is 8.03. The molecule has 9 nitrogen and oxygen atoms in total. The van der Waals surface area contributed by atoms with Crippen LogP contribution >= 0.6 is 11.6 Å². The van der Waals surface area contributed by atoms with Crippen molar-refractivity contribution >= 4 is 22.9 Å². The number of benzene rings is 2. The molecule has 10 heteroatoms. The molecule has 0 bridgehead atoms. The molecule has 6 rings (SSSR count). The minimum absolute atomic E-state index is 0.0635. The summed E-state index contributed by atoms with van der Waals surface area (Å²) in [6.45, 7) is 6.53. The van der Waals surface area contributed by atoms with Gasteiger partial charge < -0.3 is 19.6 Å². The first-order chi connectivity index (χ1) is 22.3. The summed E-state index contributed by atoms with van der Waals surface area (Å²) in [4.78, 5) is 19.3. The maximum absolute atomic E-state index is 12.3. The van der Waals surface area contributed by atoms with Crippen molar-refractivity contribution in [3.63, 3.8) is 0 Å². The summed E-state index contributed by atoms with van der Waals surface area (Å²) >= 11 is 6.09. The second-order valence-electron chi connectivity index (χ2n) is 12.8. The molecular weight excluding hydrogens is 600 g/mol. The van der Waals surface area contributed by atoms with E-state index in [9.17, 15) is 9.90 Å². The average Bonchev–Trinajstić information content (AvgIpc) is 3.39. The minimum atomic E-state index is -0.558. The molecule has 248 valence electrons. The van der Waals surface area contributed by atoms with Gasteiger partial charge in [0.05, 0.1) is 12.7 Å². The second-order valence-corrected chi connectivity index (χ2v) is 13.3. The number of aromatic nitrogens is 3. The molecule has 1 atom stereocenters. The number of pyridine rings is 1. The van der Waals surface area contributed by atoms with Gasteiger partial charge in [-0.3, -0.25) is 9.30 Å². The molecule has 3 heterocycles. The van der Waals surface area contributed by atoms with E-state index >= 15 is 0 Å². The lowest BCUT2D eigenvalue weighted by Crippen LogP contribution is -2.46. The van der Waals surface area contributed by atoms with Crippen LogP contribution in [0.2, 0.25) is 5.02 Å². The highest BCUT2D eigenvalue weighted by Crippen LogP contribution is 2.40. The molecule has 2 aliphatic rings. The Balaban J connectivity index is 0.000000188. The predicted molar refractivity (Wildman–Crippen MR) is 186 cm³/mol. The molecule has 2 aromatic heterocycles. The Labute approximate surface area is 277 Å². The molecule has 1 saturated carbocycles. The van der Waals surface area contributed by atoms with Gasteiger partial charge in [-0.2, -0.15) is 0 Å². The van der Waals surface area contributed by atoms with E-state index in [0.29, 0.717) is 12.2 Å². The van der Waals surface area contributed by atoms with E-state index in [0.717, 1.165) is 82.1 Å². The summed E-state index contributed by atoms with van der Waals surface area (Å²) < 4.78 is 8.38. The summed E-state index contributed by atoms with van der Waals surface area (Å²) in [6, 6.07) is 21.8. The minimum Gasteiger partial charge on any atom is -0.497 e. The third kappa shape index (κ3) is 8.70. The summed E-state index contributed by atoms with van der Waals surface area (Å²) in [7, 11) is 5.83. The Morgan fingerprint density at radius 2 is 1.70 bits per heavy atom. The zero-order valence-corrected chi connectivity index (χ0v) is 28.3. The molecule has 2 fully saturated rings. The first kappa shape index (κ1) is 34.0. The Morgan fingerprint density at radius 1 is 0.957 bits per heavy atom. The number of piperazine rings is 1. The van der Waals surface area contributed by atoms with Gasteiger partial charge in [-0.25, -0.2) is 9.48 Å². The second kappa shape index (κ2) is 16.0. The predicted octanol–water partition coefficient (Wildman–Crippen LogP) is 5.40. The summed E-state index contributed by atoms with van der Waals surface area (Å²) in [5.74, 6) is 1.04. The number of rotatable bonds is 10. The molecule has 0 spiro atoms. The fraction of sp³-hybridized carbons (Fsp3) is 0.500. The maximum Gasteiger partial charge on any atom is 0.350 e. The number of aliphatic hydroxyl groups is 1. The largest absolute Gasteiger partial charge is 0.497 e. The van der Waals surface area contributed by atoms with E-state index in [4.69, 9.17) is 16.3 Å². The number of aryl methyl sites for hydroxylation is 1. The zero-order chi connectivity index (χ0) is 32.5. The number of likely N-dealkylation sites (N-methyl/N-ethyl adjacent to an activating group) is 1. The molecule has 1 unspecified atom stereocenters. The monoisotopic (exact) mass is 648 g/mol. The highest BCUT2D eigenvalue weighted by molar-refractivity contribution is 6.30. The third-order valence-corrected chi connectivity index (χ3v) is 9.55. The van der Waals surface area contributed by atoms with Gasteiger partial charge in [-0.05, 0) is 81.4 Å².